The number of benzene rings is 1. The van der Waals surface area contributed by atoms with Gasteiger partial charge in [-0.25, -0.2) is 4.79 Å². The number of nitrogens with one attached hydrogen (secondary N) is 1. The molecule has 18 heavy (non-hydrogen) atoms. The van der Waals surface area contributed by atoms with E-state index in [-0.39, 0.29) is 6.03 Å². The Morgan fingerprint density at radius 3 is 2.39 bits per heavy atom. The van der Waals surface area contributed by atoms with Crippen molar-refractivity contribution in [2.45, 2.75) is 24.9 Å². The van der Waals surface area contributed by atoms with Crippen LogP contribution in [-0.2, 0) is 0 Å². The molecule has 2 amide bonds. The fourth-order valence-corrected chi connectivity index (χ4v) is 3.15. The van der Waals surface area contributed by atoms with E-state index in [1.165, 1.54) is 0 Å². The summed E-state index contributed by atoms with van der Waals surface area (Å²) in [6.07, 6.45) is 2.27. The molecule has 4 nitrogen and oxygen atoms in total. The van der Waals surface area contributed by atoms with Gasteiger partial charge < -0.3 is 15.1 Å². The van der Waals surface area contributed by atoms with Crippen LogP contribution >= 0.6 is 0 Å². The number of likely N-dealkylation sites (tertiary alicyclic amines) is 1. The Hall–Kier alpha value is -1.55. The standard InChI is InChI=1S/C14H19N3O/c1-16-9-12-7-8-13(10-16)17(12)14(18)15-11-5-3-2-4-6-11/h2-6,12-13H,7-10H2,1H3,(H,15,18). The number of fused-ring (bicyclic) bond motifs is 2. The summed E-state index contributed by atoms with van der Waals surface area (Å²) in [6, 6.07) is 10.5. The fraction of sp³-hybridized carbons (Fsp3) is 0.500. The number of hydrogen-bond acceptors (Lipinski definition) is 2. The van der Waals surface area contributed by atoms with E-state index in [2.05, 4.69) is 17.3 Å². The van der Waals surface area contributed by atoms with Crippen molar-refractivity contribution in [1.82, 2.24) is 9.80 Å². The van der Waals surface area contributed by atoms with Gasteiger partial charge in [0.1, 0.15) is 0 Å². The molecule has 4 heteroatoms. The van der Waals surface area contributed by atoms with Gasteiger partial charge >= 0.3 is 6.03 Å². The normalized spacial score (nSPS) is 27.3. The van der Waals surface area contributed by atoms with Gasteiger partial charge in [-0.2, -0.15) is 0 Å². The average molecular weight is 245 g/mol. The molecule has 2 aliphatic heterocycles. The zero-order valence-electron chi connectivity index (χ0n) is 10.7. The highest BCUT2D eigenvalue weighted by atomic mass is 16.2. The molecule has 1 aromatic carbocycles. The number of carbonyl (C=O) groups is 1. The largest absolute Gasteiger partial charge is 0.322 e. The quantitative estimate of drug-likeness (QED) is 0.821. The van der Waals surface area contributed by atoms with Gasteiger partial charge in [0.05, 0.1) is 0 Å². The van der Waals surface area contributed by atoms with Crippen LogP contribution in [0.1, 0.15) is 12.8 Å². The van der Waals surface area contributed by atoms with Crippen molar-refractivity contribution in [1.29, 1.82) is 0 Å². The molecular formula is C14H19N3O. The molecule has 2 bridgehead atoms. The number of piperazine rings is 1. The molecule has 2 saturated heterocycles. The molecule has 0 aromatic heterocycles. The maximum Gasteiger partial charge on any atom is 0.322 e. The predicted octanol–water partition coefficient (Wildman–Crippen LogP) is 2.00. The van der Waals surface area contributed by atoms with E-state index >= 15 is 0 Å². The first-order valence-corrected chi connectivity index (χ1v) is 6.57. The Balaban J connectivity index is 1.70. The molecule has 2 atom stereocenters. The number of likely N-dealkylation sites (N-methyl/N-ethyl adjacent to an activating group) is 1. The lowest BCUT2D eigenvalue weighted by atomic mass is 10.2. The van der Waals surface area contributed by atoms with Crippen molar-refractivity contribution in [3.8, 4) is 0 Å². The van der Waals surface area contributed by atoms with E-state index in [4.69, 9.17) is 0 Å². The van der Waals surface area contributed by atoms with Gasteiger partial charge in [0.25, 0.3) is 0 Å². The third kappa shape index (κ3) is 2.08. The van der Waals surface area contributed by atoms with E-state index in [0.717, 1.165) is 31.6 Å². The summed E-state index contributed by atoms with van der Waals surface area (Å²) in [5, 5.41) is 3.00. The molecule has 2 fully saturated rings. The van der Waals surface area contributed by atoms with Crippen LogP contribution in [0.15, 0.2) is 30.3 Å². The highest BCUT2D eigenvalue weighted by Crippen LogP contribution is 2.30. The Kier molecular flexibility index (Phi) is 2.96. The first kappa shape index (κ1) is 11.5. The van der Waals surface area contributed by atoms with Crippen LogP contribution < -0.4 is 5.32 Å². The number of hydrogen-bond donors (Lipinski definition) is 1. The summed E-state index contributed by atoms with van der Waals surface area (Å²) >= 11 is 0. The Morgan fingerprint density at radius 1 is 1.17 bits per heavy atom. The zero-order valence-corrected chi connectivity index (χ0v) is 10.7. The summed E-state index contributed by atoms with van der Waals surface area (Å²) in [5.74, 6) is 0. The van der Waals surface area contributed by atoms with Crippen LogP contribution in [0.25, 0.3) is 0 Å². The van der Waals surface area contributed by atoms with E-state index in [0.29, 0.717) is 12.1 Å². The Morgan fingerprint density at radius 2 is 1.78 bits per heavy atom. The first-order chi connectivity index (χ1) is 8.74. The molecule has 0 aliphatic carbocycles. The lowest BCUT2D eigenvalue weighted by molar-refractivity contribution is 0.111. The van der Waals surface area contributed by atoms with Crippen molar-refractivity contribution in [2.75, 3.05) is 25.5 Å². The summed E-state index contributed by atoms with van der Waals surface area (Å²) in [6.45, 7) is 2.00. The van der Waals surface area contributed by atoms with Gasteiger partial charge in [-0.1, -0.05) is 18.2 Å². The number of para-hydroxylation sites is 1. The molecular weight excluding hydrogens is 226 g/mol. The van der Waals surface area contributed by atoms with Crippen molar-refractivity contribution in [2.24, 2.45) is 0 Å². The smallest absolute Gasteiger partial charge is 0.316 e. The molecule has 3 rings (SSSR count). The average Bonchev–Trinajstić information content (AvgIpc) is 2.63. The molecule has 0 spiro atoms. The van der Waals surface area contributed by atoms with Crippen LogP contribution in [0.4, 0.5) is 10.5 Å². The van der Waals surface area contributed by atoms with Crippen LogP contribution in [0.5, 0.6) is 0 Å². The van der Waals surface area contributed by atoms with Crippen molar-refractivity contribution in [3.63, 3.8) is 0 Å². The van der Waals surface area contributed by atoms with E-state index < -0.39 is 0 Å². The Bertz CT molecular complexity index is 420. The summed E-state index contributed by atoms with van der Waals surface area (Å²) in [7, 11) is 2.14. The molecule has 1 N–H and O–H groups in total. The van der Waals surface area contributed by atoms with E-state index in [1.807, 2.05) is 35.2 Å². The molecule has 0 radical (unpaired) electrons. The highest BCUT2D eigenvalue weighted by Gasteiger charge is 2.41. The first-order valence-electron chi connectivity index (χ1n) is 6.57. The summed E-state index contributed by atoms with van der Waals surface area (Å²) in [4.78, 5) is 16.7. The zero-order chi connectivity index (χ0) is 12.5. The third-order valence-electron chi connectivity index (χ3n) is 3.92. The molecule has 2 aliphatic rings. The number of carbonyl (C=O) groups excluding carboxylic acids is 1. The van der Waals surface area contributed by atoms with Gasteiger partial charge in [-0.05, 0) is 32.0 Å². The van der Waals surface area contributed by atoms with Gasteiger partial charge in [0, 0.05) is 30.9 Å². The molecule has 0 saturated carbocycles. The topological polar surface area (TPSA) is 35.6 Å². The second-order valence-corrected chi connectivity index (χ2v) is 5.31. The maximum atomic E-state index is 12.3. The molecule has 2 unspecified atom stereocenters. The number of urea groups is 1. The second-order valence-electron chi connectivity index (χ2n) is 5.31. The van der Waals surface area contributed by atoms with Crippen LogP contribution in [0.3, 0.4) is 0 Å². The predicted molar refractivity (Wildman–Crippen MR) is 71.6 cm³/mol. The summed E-state index contributed by atoms with van der Waals surface area (Å²) in [5.41, 5.74) is 0.876. The minimum Gasteiger partial charge on any atom is -0.316 e. The van der Waals surface area contributed by atoms with Crippen molar-refractivity contribution in [3.05, 3.63) is 30.3 Å². The molecule has 96 valence electrons. The Labute approximate surface area is 108 Å². The van der Waals surface area contributed by atoms with Crippen molar-refractivity contribution >= 4 is 11.7 Å². The monoisotopic (exact) mass is 245 g/mol. The van der Waals surface area contributed by atoms with Gasteiger partial charge in [-0.15, -0.1) is 0 Å². The van der Waals surface area contributed by atoms with E-state index in [9.17, 15) is 4.79 Å². The van der Waals surface area contributed by atoms with Gasteiger partial charge in [-0.3, -0.25) is 0 Å². The summed E-state index contributed by atoms with van der Waals surface area (Å²) < 4.78 is 0. The third-order valence-corrected chi connectivity index (χ3v) is 3.92. The minimum absolute atomic E-state index is 0.0572. The minimum atomic E-state index is 0.0572. The van der Waals surface area contributed by atoms with Crippen LogP contribution in [0, 0.1) is 0 Å². The molecule has 1 aromatic rings. The molecule has 2 heterocycles. The van der Waals surface area contributed by atoms with Crippen molar-refractivity contribution < 1.29 is 4.79 Å². The number of anilines is 1. The lowest BCUT2D eigenvalue weighted by Gasteiger charge is -2.39. The van der Waals surface area contributed by atoms with Crippen LogP contribution in [-0.4, -0.2) is 48.1 Å². The number of amides is 2. The van der Waals surface area contributed by atoms with E-state index in [1.54, 1.807) is 0 Å². The number of rotatable bonds is 1. The van der Waals surface area contributed by atoms with Gasteiger partial charge in [0.15, 0.2) is 0 Å². The maximum absolute atomic E-state index is 12.3. The highest BCUT2D eigenvalue weighted by molar-refractivity contribution is 5.90. The van der Waals surface area contributed by atoms with Crippen LogP contribution in [0.2, 0.25) is 0 Å². The second kappa shape index (κ2) is 4.61. The van der Waals surface area contributed by atoms with Gasteiger partial charge in [0.2, 0.25) is 0 Å². The number of nitrogens with zero attached hydrogens (tertiary/aromatic N) is 2. The lowest BCUT2D eigenvalue weighted by Crippen LogP contribution is -2.55. The SMILES string of the molecule is CN1CC2CCC(C1)N2C(=O)Nc1ccccc1. The fourth-order valence-electron chi connectivity index (χ4n) is 3.15.